The fourth-order valence-electron chi connectivity index (χ4n) is 3.03. The maximum atomic E-state index is 12.5. The smallest absolute Gasteiger partial charge is 0.208 e. The van der Waals surface area contributed by atoms with E-state index < -0.39 is 10.0 Å². The van der Waals surface area contributed by atoms with Gasteiger partial charge < -0.3 is 0 Å². The number of rotatable bonds is 4. The van der Waals surface area contributed by atoms with Crippen molar-refractivity contribution in [3.63, 3.8) is 0 Å². The molecule has 3 atom stereocenters. The molecule has 1 aliphatic rings. The van der Waals surface area contributed by atoms with E-state index >= 15 is 0 Å². The van der Waals surface area contributed by atoms with E-state index in [0.29, 0.717) is 11.8 Å². The van der Waals surface area contributed by atoms with E-state index in [1.54, 1.807) is 0 Å². The van der Waals surface area contributed by atoms with Gasteiger partial charge in [-0.1, -0.05) is 31.9 Å². The van der Waals surface area contributed by atoms with E-state index in [1.807, 2.05) is 6.07 Å². The Morgan fingerprint density at radius 1 is 1.43 bits per heavy atom. The van der Waals surface area contributed by atoms with Gasteiger partial charge in [-0.25, -0.2) is 13.1 Å². The van der Waals surface area contributed by atoms with Crippen molar-refractivity contribution in [2.75, 3.05) is 0 Å². The van der Waals surface area contributed by atoms with Gasteiger partial charge in [0.2, 0.25) is 10.0 Å². The summed E-state index contributed by atoms with van der Waals surface area (Å²) >= 11 is 5.99. The Morgan fingerprint density at radius 3 is 2.71 bits per heavy atom. The molecule has 1 aromatic rings. The molecule has 0 aromatic heterocycles. The number of nitriles is 1. The topological polar surface area (TPSA) is 70.0 Å². The summed E-state index contributed by atoms with van der Waals surface area (Å²) in [5.41, 5.74) is 0.283. The summed E-state index contributed by atoms with van der Waals surface area (Å²) in [5.74, 6) is 0.862. The van der Waals surface area contributed by atoms with Crippen LogP contribution in [0.4, 0.5) is 0 Å². The average molecular weight is 327 g/mol. The standard InChI is InChI=1S/C15H19ClN2O2S/c1-3-12-5-7-14(10(12)2)18-21(19,20)15-8-11(9-17)4-6-13(15)16/h4,6,8,10,12,14,18H,3,5,7H2,1-2H3. The molecule has 1 aromatic carbocycles. The Kier molecular flexibility index (Phi) is 4.92. The fourth-order valence-corrected chi connectivity index (χ4v) is 4.92. The van der Waals surface area contributed by atoms with Gasteiger partial charge >= 0.3 is 0 Å². The summed E-state index contributed by atoms with van der Waals surface area (Å²) < 4.78 is 27.8. The molecule has 0 heterocycles. The molecule has 114 valence electrons. The summed E-state index contributed by atoms with van der Waals surface area (Å²) in [7, 11) is -3.70. The highest BCUT2D eigenvalue weighted by atomic mass is 35.5. The first-order chi connectivity index (χ1) is 9.89. The van der Waals surface area contributed by atoms with E-state index in [-0.39, 0.29) is 21.5 Å². The highest BCUT2D eigenvalue weighted by Crippen LogP contribution is 2.35. The quantitative estimate of drug-likeness (QED) is 0.922. The maximum absolute atomic E-state index is 12.5. The second-order valence-corrected chi connectivity index (χ2v) is 7.68. The first-order valence-electron chi connectivity index (χ1n) is 7.11. The third kappa shape index (κ3) is 3.39. The third-order valence-electron chi connectivity index (χ3n) is 4.41. The summed E-state index contributed by atoms with van der Waals surface area (Å²) in [6, 6.07) is 6.14. The molecule has 1 aliphatic carbocycles. The van der Waals surface area contributed by atoms with Crippen LogP contribution in [0, 0.1) is 23.2 Å². The van der Waals surface area contributed by atoms with Crippen molar-refractivity contribution in [1.29, 1.82) is 5.26 Å². The molecular weight excluding hydrogens is 308 g/mol. The van der Waals surface area contributed by atoms with Crippen molar-refractivity contribution in [2.45, 2.75) is 44.0 Å². The van der Waals surface area contributed by atoms with E-state index in [1.165, 1.54) is 18.2 Å². The summed E-state index contributed by atoms with van der Waals surface area (Å²) in [6.07, 6.45) is 2.94. The molecule has 0 amide bonds. The lowest BCUT2D eigenvalue weighted by Gasteiger charge is -2.21. The molecular formula is C15H19ClN2O2S. The highest BCUT2D eigenvalue weighted by Gasteiger charge is 2.34. The van der Waals surface area contributed by atoms with Crippen molar-refractivity contribution >= 4 is 21.6 Å². The lowest BCUT2D eigenvalue weighted by Crippen LogP contribution is -2.37. The fraction of sp³-hybridized carbons (Fsp3) is 0.533. The molecule has 4 nitrogen and oxygen atoms in total. The van der Waals surface area contributed by atoms with Gasteiger partial charge in [0, 0.05) is 6.04 Å². The van der Waals surface area contributed by atoms with Crippen LogP contribution in [0.1, 0.15) is 38.7 Å². The van der Waals surface area contributed by atoms with E-state index in [2.05, 4.69) is 18.6 Å². The first-order valence-corrected chi connectivity index (χ1v) is 8.97. The lowest BCUT2D eigenvalue weighted by molar-refractivity contribution is 0.368. The summed E-state index contributed by atoms with van der Waals surface area (Å²) in [6.45, 7) is 4.22. The SMILES string of the molecule is CCC1CCC(NS(=O)(=O)c2cc(C#N)ccc2Cl)C1C. The minimum atomic E-state index is -3.70. The molecule has 1 fully saturated rings. The van der Waals surface area contributed by atoms with Crippen molar-refractivity contribution in [2.24, 2.45) is 11.8 Å². The molecule has 0 saturated heterocycles. The molecule has 0 radical (unpaired) electrons. The average Bonchev–Trinajstić information content (AvgIpc) is 2.79. The molecule has 2 rings (SSSR count). The normalized spacial score (nSPS) is 25.7. The van der Waals surface area contributed by atoms with E-state index in [4.69, 9.17) is 16.9 Å². The molecule has 21 heavy (non-hydrogen) atoms. The minimum absolute atomic E-state index is 0.0182. The summed E-state index contributed by atoms with van der Waals surface area (Å²) in [5, 5.41) is 9.04. The Bertz CT molecular complexity index is 667. The molecule has 1 N–H and O–H groups in total. The molecule has 3 unspecified atom stereocenters. The van der Waals surface area contributed by atoms with Crippen LogP contribution in [0.2, 0.25) is 5.02 Å². The number of benzene rings is 1. The number of halogens is 1. The number of nitrogens with zero attached hydrogens (tertiary/aromatic N) is 1. The van der Waals surface area contributed by atoms with E-state index in [9.17, 15) is 8.42 Å². The predicted octanol–water partition coefficient (Wildman–Crippen LogP) is 3.31. The van der Waals surface area contributed by atoms with Crippen LogP contribution in [0.15, 0.2) is 23.1 Å². The van der Waals surface area contributed by atoms with Crippen LogP contribution in [-0.2, 0) is 10.0 Å². The number of sulfonamides is 1. The minimum Gasteiger partial charge on any atom is -0.208 e. The zero-order chi connectivity index (χ0) is 15.6. The van der Waals surface area contributed by atoms with Crippen LogP contribution in [0.3, 0.4) is 0 Å². The van der Waals surface area contributed by atoms with Gasteiger partial charge in [0.05, 0.1) is 16.7 Å². The van der Waals surface area contributed by atoms with Crippen molar-refractivity contribution in [3.8, 4) is 6.07 Å². The van der Waals surface area contributed by atoms with Gasteiger partial charge in [0.15, 0.2) is 0 Å². The highest BCUT2D eigenvalue weighted by molar-refractivity contribution is 7.89. The zero-order valence-corrected chi connectivity index (χ0v) is 13.7. The first kappa shape index (κ1) is 16.3. The monoisotopic (exact) mass is 326 g/mol. The van der Waals surface area contributed by atoms with Crippen molar-refractivity contribution < 1.29 is 8.42 Å². The van der Waals surface area contributed by atoms with Gasteiger partial charge in [-0.2, -0.15) is 5.26 Å². The lowest BCUT2D eigenvalue weighted by atomic mass is 9.94. The van der Waals surface area contributed by atoms with Crippen LogP contribution < -0.4 is 4.72 Å². The van der Waals surface area contributed by atoms with Gasteiger partial charge in [-0.05, 0) is 42.9 Å². The van der Waals surface area contributed by atoms with Crippen LogP contribution in [-0.4, -0.2) is 14.5 Å². The number of hydrogen-bond acceptors (Lipinski definition) is 3. The Morgan fingerprint density at radius 2 is 2.14 bits per heavy atom. The summed E-state index contributed by atoms with van der Waals surface area (Å²) in [4.78, 5) is -0.0182. The Balaban J connectivity index is 2.26. The Hall–Kier alpha value is -1.09. The molecule has 6 heteroatoms. The molecule has 0 spiro atoms. The second kappa shape index (κ2) is 6.35. The van der Waals surface area contributed by atoms with Crippen molar-refractivity contribution in [1.82, 2.24) is 4.72 Å². The van der Waals surface area contributed by atoms with E-state index in [0.717, 1.165) is 19.3 Å². The molecule has 0 bridgehead atoms. The zero-order valence-electron chi connectivity index (χ0n) is 12.1. The van der Waals surface area contributed by atoms with Crippen molar-refractivity contribution in [3.05, 3.63) is 28.8 Å². The van der Waals surface area contributed by atoms with Gasteiger partial charge in [0.1, 0.15) is 4.90 Å². The van der Waals surface area contributed by atoms with Gasteiger partial charge in [-0.3, -0.25) is 0 Å². The Labute approximate surface area is 131 Å². The third-order valence-corrected chi connectivity index (χ3v) is 6.38. The van der Waals surface area contributed by atoms with Crippen LogP contribution in [0.25, 0.3) is 0 Å². The maximum Gasteiger partial charge on any atom is 0.242 e. The van der Waals surface area contributed by atoms with Crippen LogP contribution in [0.5, 0.6) is 0 Å². The largest absolute Gasteiger partial charge is 0.242 e. The van der Waals surface area contributed by atoms with Crippen LogP contribution >= 0.6 is 11.6 Å². The number of hydrogen-bond donors (Lipinski definition) is 1. The second-order valence-electron chi connectivity index (χ2n) is 5.59. The van der Waals surface area contributed by atoms with Gasteiger partial charge in [0.25, 0.3) is 0 Å². The number of nitrogens with one attached hydrogen (secondary N) is 1. The molecule has 1 saturated carbocycles. The molecule has 0 aliphatic heterocycles. The van der Waals surface area contributed by atoms with Gasteiger partial charge in [-0.15, -0.1) is 0 Å². The predicted molar refractivity (Wildman–Crippen MR) is 82.5 cm³/mol.